The summed E-state index contributed by atoms with van der Waals surface area (Å²) in [5.74, 6) is 0. The molecule has 0 saturated carbocycles. The molecular weight excluding hydrogens is 98.1 g/mol. The van der Waals surface area contributed by atoms with Gasteiger partial charge in [0.1, 0.15) is 6.26 Å². The number of rotatable bonds is 0. The van der Waals surface area contributed by atoms with Gasteiger partial charge in [0.05, 0.1) is 11.1 Å². The van der Waals surface area contributed by atoms with Crippen molar-refractivity contribution in [3.63, 3.8) is 0 Å². The molecule has 2 nitrogen and oxygen atoms in total. The highest BCUT2D eigenvalue weighted by molar-refractivity contribution is 7.80. The summed E-state index contributed by atoms with van der Waals surface area (Å²) in [7, 11) is 0. The molecule has 0 fully saturated rings. The fourth-order valence-electron chi connectivity index (χ4n) is 0.199. The molecule has 6 heavy (non-hydrogen) atoms. The monoisotopic (exact) mass is 101 g/mol. The topological polar surface area (TPSA) is 26.0 Å². The molecule has 32 valence electrons. The zero-order valence-electron chi connectivity index (χ0n) is 2.96. The molecule has 0 N–H and O–H groups in total. The van der Waals surface area contributed by atoms with E-state index in [9.17, 15) is 0 Å². The third-order valence-corrected chi connectivity index (χ3v) is 0.640. The minimum absolute atomic E-state index is 0.759. The van der Waals surface area contributed by atoms with E-state index in [2.05, 4.69) is 22.3 Å². The van der Waals surface area contributed by atoms with Crippen molar-refractivity contribution < 1.29 is 4.52 Å². The Labute approximate surface area is 40.6 Å². The molecule has 1 heterocycles. The molecule has 0 aliphatic heterocycles. The minimum Gasteiger partial charge on any atom is -0.364 e. The highest BCUT2D eigenvalue weighted by Gasteiger charge is 1.79. The number of hydrogen-bond donors (Lipinski definition) is 1. The molecule has 0 aliphatic carbocycles. The second-order valence-electron chi connectivity index (χ2n) is 0.883. The predicted octanol–water partition coefficient (Wildman–Crippen LogP) is 0.963. The lowest BCUT2D eigenvalue weighted by Gasteiger charge is -1.59. The number of thiol groups is 1. The van der Waals surface area contributed by atoms with E-state index >= 15 is 0 Å². The van der Waals surface area contributed by atoms with E-state index in [4.69, 9.17) is 0 Å². The molecule has 0 amide bonds. The largest absolute Gasteiger partial charge is 0.364 e. The molecule has 0 bridgehead atoms. The van der Waals surface area contributed by atoms with Crippen LogP contribution in [0, 0.1) is 0 Å². The van der Waals surface area contributed by atoms with Gasteiger partial charge in [-0.15, -0.1) is 12.6 Å². The fourth-order valence-corrected chi connectivity index (χ4v) is 0.294. The molecule has 0 aliphatic rings. The molecule has 1 rings (SSSR count). The SMILES string of the molecule is Sc1cnoc1. The quantitative estimate of drug-likeness (QED) is 0.492. The van der Waals surface area contributed by atoms with E-state index in [1.165, 1.54) is 12.5 Å². The predicted molar refractivity (Wildman–Crippen MR) is 23.8 cm³/mol. The Hall–Kier alpha value is -0.440. The van der Waals surface area contributed by atoms with Crippen molar-refractivity contribution in [2.24, 2.45) is 0 Å². The van der Waals surface area contributed by atoms with Crippen LogP contribution in [0.4, 0.5) is 0 Å². The minimum atomic E-state index is 0.759. The van der Waals surface area contributed by atoms with Crippen LogP contribution in [0.5, 0.6) is 0 Å². The summed E-state index contributed by atoms with van der Waals surface area (Å²) >= 11 is 3.88. The van der Waals surface area contributed by atoms with E-state index in [1.54, 1.807) is 0 Å². The molecule has 0 aromatic carbocycles. The molecule has 0 atom stereocenters. The van der Waals surface area contributed by atoms with Crippen LogP contribution in [0.15, 0.2) is 21.9 Å². The summed E-state index contributed by atoms with van der Waals surface area (Å²) < 4.78 is 4.39. The Morgan fingerprint density at radius 2 is 2.67 bits per heavy atom. The number of hydrogen-bond acceptors (Lipinski definition) is 3. The van der Waals surface area contributed by atoms with Crippen LogP contribution in [-0.2, 0) is 0 Å². The Morgan fingerprint density at radius 1 is 1.83 bits per heavy atom. The van der Waals surface area contributed by atoms with Crippen molar-refractivity contribution in [3.8, 4) is 0 Å². The van der Waals surface area contributed by atoms with Crippen LogP contribution in [-0.4, -0.2) is 5.16 Å². The van der Waals surface area contributed by atoms with Crippen LogP contribution in [0.1, 0.15) is 0 Å². The lowest BCUT2D eigenvalue weighted by Crippen LogP contribution is -1.43. The van der Waals surface area contributed by atoms with E-state index in [0.29, 0.717) is 0 Å². The van der Waals surface area contributed by atoms with E-state index in [1.807, 2.05) is 0 Å². The summed E-state index contributed by atoms with van der Waals surface area (Å²) in [6.07, 6.45) is 2.99. The van der Waals surface area contributed by atoms with Gasteiger partial charge in [-0.1, -0.05) is 5.16 Å². The molecule has 3 heteroatoms. The second-order valence-corrected chi connectivity index (χ2v) is 1.40. The molecule has 0 radical (unpaired) electrons. The van der Waals surface area contributed by atoms with Crippen LogP contribution in [0.2, 0.25) is 0 Å². The van der Waals surface area contributed by atoms with Gasteiger partial charge in [0.15, 0.2) is 0 Å². The zero-order chi connectivity index (χ0) is 4.41. The fraction of sp³-hybridized carbons (Fsp3) is 0. The first-order chi connectivity index (χ1) is 2.89. The highest BCUT2D eigenvalue weighted by atomic mass is 32.1. The van der Waals surface area contributed by atoms with Gasteiger partial charge in [-0.3, -0.25) is 0 Å². The average Bonchev–Trinajstić information content (AvgIpc) is 1.86. The lowest BCUT2D eigenvalue weighted by atomic mass is 10.8. The molecule has 0 spiro atoms. The van der Waals surface area contributed by atoms with Crippen molar-refractivity contribution in [1.29, 1.82) is 0 Å². The van der Waals surface area contributed by atoms with Crippen molar-refractivity contribution in [1.82, 2.24) is 5.16 Å². The Morgan fingerprint density at radius 3 is 2.83 bits per heavy atom. The lowest BCUT2D eigenvalue weighted by molar-refractivity contribution is 0.418. The van der Waals surface area contributed by atoms with Crippen molar-refractivity contribution in [2.75, 3.05) is 0 Å². The smallest absolute Gasteiger partial charge is 0.137 e. The molecular formula is C3H3NOS. The van der Waals surface area contributed by atoms with Gasteiger partial charge in [-0.2, -0.15) is 0 Å². The summed E-state index contributed by atoms with van der Waals surface area (Å²) in [5, 5.41) is 3.37. The molecule has 0 unspecified atom stereocenters. The van der Waals surface area contributed by atoms with Gasteiger partial charge in [-0.05, 0) is 0 Å². The van der Waals surface area contributed by atoms with Gasteiger partial charge in [0, 0.05) is 0 Å². The first-order valence-electron chi connectivity index (χ1n) is 1.48. The second kappa shape index (κ2) is 1.34. The van der Waals surface area contributed by atoms with E-state index in [0.717, 1.165) is 4.90 Å². The summed E-state index contributed by atoms with van der Waals surface area (Å²) in [4.78, 5) is 0.759. The maximum atomic E-state index is 4.39. The summed E-state index contributed by atoms with van der Waals surface area (Å²) in [6, 6.07) is 0. The van der Waals surface area contributed by atoms with Crippen LogP contribution >= 0.6 is 12.6 Å². The number of nitrogens with zero attached hydrogens (tertiary/aromatic N) is 1. The van der Waals surface area contributed by atoms with Gasteiger partial charge in [0.25, 0.3) is 0 Å². The third kappa shape index (κ3) is 0.542. The van der Waals surface area contributed by atoms with Gasteiger partial charge < -0.3 is 4.52 Å². The highest BCUT2D eigenvalue weighted by Crippen LogP contribution is 1.98. The molecule has 0 saturated heterocycles. The average molecular weight is 101 g/mol. The van der Waals surface area contributed by atoms with E-state index < -0.39 is 0 Å². The number of aromatic nitrogens is 1. The van der Waals surface area contributed by atoms with Crippen LogP contribution < -0.4 is 0 Å². The Balaban J connectivity index is 3.05. The summed E-state index contributed by atoms with van der Waals surface area (Å²) in [6.45, 7) is 0. The summed E-state index contributed by atoms with van der Waals surface area (Å²) in [5.41, 5.74) is 0. The zero-order valence-corrected chi connectivity index (χ0v) is 3.85. The van der Waals surface area contributed by atoms with E-state index in [-0.39, 0.29) is 0 Å². The normalized spacial score (nSPS) is 8.83. The first kappa shape index (κ1) is 3.74. The van der Waals surface area contributed by atoms with Gasteiger partial charge in [0.2, 0.25) is 0 Å². The maximum Gasteiger partial charge on any atom is 0.137 e. The van der Waals surface area contributed by atoms with Crippen molar-refractivity contribution in [3.05, 3.63) is 12.5 Å². The standard InChI is InChI=1S/C3H3NOS/c6-3-1-4-5-2-3/h1-2,6H. The van der Waals surface area contributed by atoms with Crippen molar-refractivity contribution in [2.45, 2.75) is 4.90 Å². The molecule has 1 aromatic heterocycles. The third-order valence-electron chi connectivity index (χ3n) is 0.419. The van der Waals surface area contributed by atoms with Crippen LogP contribution in [0.25, 0.3) is 0 Å². The van der Waals surface area contributed by atoms with Crippen LogP contribution in [0.3, 0.4) is 0 Å². The maximum absolute atomic E-state index is 4.39. The van der Waals surface area contributed by atoms with Crippen molar-refractivity contribution >= 4 is 12.6 Å². The first-order valence-corrected chi connectivity index (χ1v) is 1.92. The molecule has 1 aromatic rings. The van der Waals surface area contributed by atoms with Gasteiger partial charge in [-0.25, -0.2) is 0 Å². The Bertz CT molecular complexity index is 114. The Kier molecular flexibility index (Phi) is 0.837. The van der Waals surface area contributed by atoms with Gasteiger partial charge >= 0.3 is 0 Å².